The van der Waals surface area contributed by atoms with Crippen molar-refractivity contribution in [3.8, 4) is 0 Å². The van der Waals surface area contributed by atoms with Gasteiger partial charge >= 0.3 is 0 Å². The van der Waals surface area contributed by atoms with E-state index in [1.807, 2.05) is 6.92 Å². The van der Waals surface area contributed by atoms with Crippen LogP contribution in [0, 0.1) is 0 Å². The topological polar surface area (TPSA) is 64.9 Å². The van der Waals surface area contributed by atoms with Crippen LogP contribution in [0.5, 0.6) is 0 Å². The molecule has 126 valence electrons. The molecule has 1 aromatic rings. The maximum Gasteiger partial charge on any atom is 0.266 e. The highest BCUT2D eigenvalue weighted by Crippen LogP contribution is 2.27. The lowest BCUT2D eigenvalue weighted by atomic mass is 9.84. The summed E-state index contributed by atoms with van der Waals surface area (Å²) >= 11 is 0. The predicted octanol–water partition coefficient (Wildman–Crippen LogP) is 2.31. The zero-order chi connectivity index (χ0) is 17.0. The molecule has 0 aliphatic carbocycles. The third-order valence-electron chi connectivity index (χ3n) is 4.26. The van der Waals surface area contributed by atoms with Crippen LogP contribution in [0.25, 0.3) is 0 Å². The number of hydrogen-bond donors (Lipinski definition) is 2. The van der Waals surface area contributed by atoms with Crippen molar-refractivity contribution in [3.63, 3.8) is 0 Å². The lowest BCUT2D eigenvalue weighted by molar-refractivity contribution is -0.115. The highest BCUT2D eigenvalue weighted by Gasteiger charge is 2.21. The van der Waals surface area contributed by atoms with Gasteiger partial charge in [0, 0.05) is 25.7 Å². The van der Waals surface area contributed by atoms with E-state index in [1.165, 1.54) is 16.7 Å². The van der Waals surface area contributed by atoms with E-state index in [4.69, 9.17) is 5.21 Å². The molecule has 5 nitrogen and oxygen atoms in total. The molecule has 0 radical (unpaired) electrons. The van der Waals surface area contributed by atoms with Crippen LogP contribution in [-0.2, 0) is 23.2 Å². The molecule has 0 unspecified atom stereocenters. The number of nitrogens with one attached hydrogen (secondary N) is 1. The first-order valence-corrected chi connectivity index (χ1v) is 8.12. The smallest absolute Gasteiger partial charge is 0.266 e. The van der Waals surface area contributed by atoms with Gasteiger partial charge < -0.3 is 10.5 Å². The predicted molar refractivity (Wildman–Crippen MR) is 92.0 cm³/mol. The number of carbonyl (C=O) groups excluding carboxylic acids is 1. The highest BCUT2D eigenvalue weighted by atomic mass is 16.4. The fourth-order valence-electron chi connectivity index (χ4n) is 3.00. The van der Waals surface area contributed by atoms with E-state index in [9.17, 15) is 4.79 Å². The Hall–Kier alpha value is -1.88. The summed E-state index contributed by atoms with van der Waals surface area (Å²) in [6.07, 6.45) is 1.93. The lowest BCUT2D eigenvalue weighted by Crippen LogP contribution is -2.44. The first-order chi connectivity index (χ1) is 10.8. The molecule has 1 aliphatic rings. The molecule has 23 heavy (non-hydrogen) atoms. The van der Waals surface area contributed by atoms with Gasteiger partial charge in [0.25, 0.3) is 5.91 Å². The molecule has 0 fully saturated rings. The van der Waals surface area contributed by atoms with Gasteiger partial charge in [-0.25, -0.2) is 0 Å². The zero-order valence-electron chi connectivity index (χ0n) is 14.5. The fourth-order valence-corrected chi connectivity index (χ4v) is 3.00. The van der Waals surface area contributed by atoms with E-state index in [0.717, 1.165) is 32.3 Å². The molecule has 2 N–H and O–H groups in total. The average molecular weight is 317 g/mol. The number of fused-ring (bicyclic) bond motifs is 1. The minimum atomic E-state index is -0.368. The van der Waals surface area contributed by atoms with Crippen molar-refractivity contribution >= 4 is 12.1 Å². The third-order valence-corrected chi connectivity index (χ3v) is 4.26. The first-order valence-electron chi connectivity index (χ1n) is 8.12. The van der Waals surface area contributed by atoms with Gasteiger partial charge in [0.1, 0.15) is 6.21 Å². The van der Waals surface area contributed by atoms with Crippen molar-refractivity contribution in [2.24, 2.45) is 5.16 Å². The van der Waals surface area contributed by atoms with Crippen LogP contribution in [0.4, 0.5) is 0 Å². The maximum atomic E-state index is 11.4. The molecule has 1 aromatic carbocycles. The minimum Gasteiger partial charge on any atom is -0.411 e. The van der Waals surface area contributed by atoms with Crippen molar-refractivity contribution in [2.45, 2.75) is 52.1 Å². The fraction of sp³-hybridized carbons (Fsp3) is 0.556. The first kappa shape index (κ1) is 17.5. The summed E-state index contributed by atoms with van der Waals surface area (Å²) in [5, 5.41) is 13.9. The summed E-state index contributed by atoms with van der Waals surface area (Å²) in [6.45, 7) is 11.3. The van der Waals surface area contributed by atoms with Crippen LogP contribution in [0.15, 0.2) is 23.4 Å². The Kier molecular flexibility index (Phi) is 5.42. The molecular formula is C18H27N3O2. The zero-order valence-corrected chi connectivity index (χ0v) is 14.5. The molecule has 5 heteroatoms. The molecule has 1 amide bonds. The second-order valence-electron chi connectivity index (χ2n) is 7.37. The number of nitrogens with zero attached hydrogens (tertiary/aromatic N) is 2. The van der Waals surface area contributed by atoms with Crippen LogP contribution in [0.1, 0.15) is 44.4 Å². The molecule has 0 saturated carbocycles. The maximum absolute atomic E-state index is 11.4. The lowest BCUT2D eigenvalue weighted by Gasteiger charge is -2.32. The van der Waals surface area contributed by atoms with E-state index in [-0.39, 0.29) is 17.4 Å². The Morgan fingerprint density at radius 2 is 2.17 bits per heavy atom. The van der Waals surface area contributed by atoms with Gasteiger partial charge in [-0.15, -0.1) is 0 Å². The summed E-state index contributed by atoms with van der Waals surface area (Å²) < 4.78 is 0. The standard InChI is InChI=1S/C18H27N3O2/c1-13(20-17(22)10-19-23)11-21-8-7-14-5-6-16(18(2,3)4)9-15(14)12-21/h5-6,9-10,13,23H,7-8,11-12H2,1-4H3,(H,20,22)/b19-10-/t13-/m0/s1. The van der Waals surface area contributed by atoms with Crippen LogP contribution in [0.2, 0.25) is 0 Å². The summed E-state index contributed by atoms with van der Waals surface area (Å²) in [7, 11) is 0. The van der Waals surface area contributed by atoms with E-state index < -0.39 is 0 Å². The number of benzene rings is 1. The molecule has 1 heterocycles. The Labute approximate surface area is 138 Å². The number of rotatable bonds is 4. The van der Waals surface area contributed by atoms with E-state index in [0.29, 0.717) is 0 Å². The molecule has 0 spiro atoms. The highest BCUT2D eigenvalue weighted by molar-refractivity contribution is 6.26. The average Bonchev–Trinajstić information content (AvgIpc) is 2.45. The molecule has 0 aromatic heterocycles. The number of hydrogen-bond acceptors (Lipinski definition) is 4. The molecule has 1 atom stereocenters. The Bertz CT molecular complexity index is 590. The second-order valence-corrected chi connectivity index (χ2v) is 7.37. The molecule has 0 bridgehead atoms. The molecule has 2 rings (SSSR count). The quantitative estimate of drug-likeness (QED) is 0.509. The van der Waals surface area contributed by atoms with Crippen molar-refractivity contribution in [1.29, 1.82) is 0 Å². The van der Waals surface area contributed by atoms with Crippen LogP contribution >= 0.6 is 0 Å². The van der Waals surface area contributed by atoms with Gasteiger partial charge in [-0.05, 0) is 35.4 Å². The van der Waals surface area contributed by atoms with E-state index in [2.05, 4.69) is 54.3 Å². The Balaban J connectivity index is 2.00. The molecule has 1 aliphatic heterocycles. The second kappa shape index (κ2) is 7.13. The van der Waals surface area contributed by atoms with Crippen molar-refractivity contribution in [2.75, 3.05) is 13.1 Å². The van der Waals surface area contributed by atoms with Crippen LogP contribution in [-0.4, -0.2) is 41.4 Å². The monoisotopic (exact) mass is 317 g/mol. The normalized spacial score (nSPS) is 17.0. The summed E-state index contributed by atoms with van der Waals surface area (Å²) in [5.41, 5.74) is 4.33. The van der Waals surface area contributed by atoms with Crippen LogP contribution in [0.3, 0.4) is 0 Å². The van der Waals surface area contributed by atoms with Crippen LogP contribution < -0.4 is 5.32 Å². The number of amides is 1. The number of carbonyl (C=O) groups is 1. The Morgan fingerprint density at radius 3 is 2.83 bits per heavy atom. The summed E-state index contributed by atoms with van der Waals surface area (Å²) in [5.74, 6) is -0.368. The van der Waals surface area contributed by atoms with E-state index >= 15 is 0 Å². The van der Waals surface area contributed by atoms with Gasteiger partial charge in [0.05, 0.1) is 0 Å². The van der Waals surface area contributed by atoms with Crippen molar-refractivity contribution in [3.05, 3.63) is 34.9 Å². The third kappa shape index (κ3) is 4.79. The summed E-state index contributed by atoms with van der Waals surface area (Å²) in [4.78, 5) is 13.8. The van der Waals surface area contributed by atoms with Gasteiger partial charge in [0.2, 0.25) is 0 Å². The Morgan fingerprint density at radius 1 is 1.43 bits per heavy atom. The van der Waals surface area contributed by atoms with Gasteiger partial charge in [-0.2, -0.15) is 0 Å². The molecule has 0 saturated heterocycles. The summed E-state index contributed by atoms with van der Waals surface area (Å²) in [6, 6.07) is 6.83. The SMILES string of the molecule is C[C@@H](CN1CCc2ccc(C(C)(C)C)cc2C1)NC(=O)/C=N\O. The van der Waals surface area contributed by atoms with Gasteiger partial charge in [-0.3, -0.25) is 9.69 Å². The van der Waals surface area contributed by atoms with Gasteiger partial charge in [-0.1, -0.05) is 44.1 Å². The van der Waals surface area contributed by atoms with Crippen molar-refractivity contribution < 1.29 is 10.0 Å². The van der Waals surface area contributed by atoms with Crippen molar-refractivity contribution in [1.82, 2.24) is 10.2 Å². The minimum absolute atomic E-state index is 0.00727. The molecular weight excluding hydrogens is 290 g/mol. The van der Waals surface area contributed by atoms with E-state index in [1.54, 1.807) is 0 Å². The largest absolute Gasteiger partial charge is 0.411 e. The van der Waals surface area contributed by atoms with Gasteiger partial charge in [0.15, 0.2) is 0 Å². The number of oxime groups is 1.